The Kier molecular flexibility index (Phi) is 8.06. The molecule has 5 aromatic rings. The maximum absolute atomic E-state index is 15.5. The van der Waals surface area contributed by atoms with E-state index in [2.05, 4.69) is 20.3 Å². The average Bonchev–Trinajstić information content (AvgIpc) is 3.79. The number of aromatic carboxylic acids is 1. The molecular formula is C34H28F3N5O5. The number of benzene rings is 2. The third-order valence-electron chi connectivity index (χ3n) is 8.19. The standard InChI is InChI=1S/C34H28F3N5O5/c35-24-13-23(27-2-1-3-32(41-27)47-17-20-15-38-29(14-25(20)36)33(43)39-21-5-6-21)26(37)10-19(24)12-31-40-28-7-4-18(34(44)45)11-30(28)42(31)16-22-8-9-46-22/h1-4,7,10-11,13-15,21-22H,5-6,8-9,12,16-17H2,(H,39,43)(H,44,45)/t22-/m0/s1. The lowest BCUT2D eigenvalue weighted by Gasteiger charge is -2.27. The van der Waals surface area contributed by atoms with Gasteiger partial charge in [0.15, 0.2) is 0 Å². The second kappa shape index (κ2) is 12.5. The number of hydrogen-bond acceptors (Lipinski definition) is 7. The van der Waals surface area contributed by atoms with Gasteiger partial charge in [0.05, 0.1) is 34.9 Å². The van der Waals surface area contributed by atoms with E-state index in [1.807, 2.05) is 0 Å². The molecule has 1 saturated heterocycles. The van der Waals surface area contributed by atoms with Crippen molar-refractivity contribution in [2.45, 2.75) is 51.0 Å². The van der Waals surface area contributed by atoms with Crippen molar-refractivity contribution in [3.8, 4) is 17.1 Å². The van der Waals surface area contributed by atoms with Crippen LogP contribution in [0.2, 0.25) is 0 Å². The summed E-state index contributed by atoms with van der Waals surface area (Å²) in [6, 6.07) is 12.4. The predicted molar refractivity (Wildman–Crippen MR) is 162 cm³/mol. The smallest absolute Gasteiger partial charge is 0.335 e. The molecule has 2 aromatic carbocycles. The number of hydrogen-bond donors (Lipinski definition) is 2. The lowest BCUT2D eigenvalue weighted by Crippen LogP contribution is -2.31. The molecule has 2 aliphatic rings. The predicted octanol–water partition coefficient (Wildman–Crippen LogP) is 5.46. The summed E-state index contributed by atoms with van der Waals surface area (Å²) in [5.41, 5.74) is 1.32. The number of carboxylic acids is 1. The maximum atomic E-state index is 15.5. The Balaban J connectivity index is 1.09. The van der Waals surface area contributed by atoms with Crippen molar-refractivity contribution in [1.82, 2.24) is 24.8 Å². The quantitative estimate of drug-likeness (QED) is 0.194. The van der Waals surface area contributed by atoms with Crippen LogP contribution in [0.3, 0.4) is 0 Å². The van der Waals surface area contributed by atoms with Crippen LogP contribution in [0.4, 0.5) is 13.2 Å². The number of carbonyl (C=O) groups is 2. The molecule has 2 fully saturated rings. The number of pyridine rings is 2. The number of rotatable bonds is 11. The second-order valence-electron chi connectivity index (χ2n) is 11.6. The molecule has 47 heavy (non-hydrogen) atoms. The first kappa shape index (κ1) is 30.4. The first-order valence-corrected chi connectivity index (χ1v) is 15.1. The van der Waals surface area contributed by atoms with Crippen LogP contribution in [0.1, 0.15) is 57.1 Å². The molecule has 4 heterocycles. The summed E-state index contributed by atoms with van der Waals surface area (Å²) in [6.07, 6.45) is 3.69. The molecule has 0 radical (unpaired) electrons. The topological polar surface area (TPSA) is 128 Å². The maximum Gasteiger partial charge on any atom is 0.335 e. The van der Waals surface area contributed by atoms with Gasteiger partial charge in [-0.05, 0) is 61.2 Å². The molecule has 0 unspecified atom stereocenters. The van der Waals surface area contributed by atoms with Crippen LogP contribution in [0.25, 0.3) is 22.3 Å². The van der Waals surface area contributed by atoms with Gasteiger partial charge < -0.3 is 24.5 Å². The normalized spacial score (nSPS) is 15.8. The summed E-state index contributed by atoms with van der Waals surface area (Å²) in [6.45, 7) is 0.764. The van der Waals surface area contributed by atoms with Gasteiger partial charge in [-0.2, -0.15) is 0 Å². The van der Waals surface area contributed by atoms with Gasteiger partial charge in [0.2, 0.25) is 5.88 Å². The molecular weight excluding hydrogens is 615 g/mol. The summed E-state index contributed by atoms with van der Waals surface area (Å²) in [4.78, 5) is 36.6. The van der Waals surface area contributed by atoms with Crippen LogP contribution in [-0.2, 0) is 24.3 Å². The Hall–Kier alpha value is -5.30. The van der Waals surface area contributed by atoms with Crippen LogP contribution in [0.15, 0.2) is 60.8 Å². The minimum absolute atomic E-state index is 0.0313. The molecule has 1 aliphatic heterocycles. The zero-order valence-electron chi connectivity index (χ0n) is 24.9. The summed E-state index contributed by atoms with van der Waals surface area (Å²) < 4.78 is 58.7. The molecule has 1 atom stereocenters. The van der Waals surface area contributed by atoms with Crippen molar-refractivity contribution < 1.29 is 37.3 Å². The summed E-state index contributed by atoms with van der Waals surface area (Å²) in [7, 11) is 0. The number of carboxylic acid groups (broad SMARTS) is 1. The van der Waals surface area contributed by atoms with Gasteiger partial charge in [-0.25, -0.2) is 27.9 Å². The van der Waals surface area contributed by atoms with Gasteiger partial charge in [-0.3, -0.25) is 9.78 Å². The highest BCUT2D eigenvalue weighted by molar-refractivity contribution is 5.93. The zero-order chi connectivity index (χ0) is 32.7. The zero-order valence-corrected chi connectivity index (χ0v) is 24.9. The fourth-order valence-corrected chi connectivity index (χ4v) is 5.34. The van der Waals surface area contributed by atoms with Gasteiger partial charge in [0.1, 0.15) is 35.6 Å². The van der Waals surface area contributed by atoms with Crippen LogP contribution < -0.4 is 10.1 Å². The van der Waals surface area contributed by atoms with Crippen LogP contribution in [0.5, 0.6) is 5.88 Å². The molecule has 0 bridgehead atoms. The van der Waals surface area contributed by atoms with E-state index < -0.39 is 29.3 Å². The van der Waals surface area contributed by atoms with Crippen LogP contribution >= 0.6 is 0 Å². The highest BCUT2D eigenvalue weighted by Gasteiger charge is 2.25. The highest BCUT2D eigenvalue weighted by Crippen LogP contribution is 2.29. The lowest BCUT2D eigenvalue weighted by atomic mass is 10.0. The molecule has 10 nitrogen and oxygen atoms in total. The minimum atomic E-state index is -1.08. The van der Waals surface area contributed by atoms with Gasteiger partial charge in [0, 0.05) is 48.5 Å². The molecule has 7 rings (SSSR count). The average molecular weight is 644 g/mol. The molecule has 240 valence electrons. The largest absolute Gasteiger partial charge is 0.478 e. The number of aromatic nitrogens is 4. The Bertz CT molecular complexity index is 2030. The van der Waals surface area contributed by atoms with E-state index in [0.29, 0.717) is 30.0 Å². The number of amides is 1. The van der Waals surface area contributed by atoms with E-state index in [4.69, 9.17) is 9.47 Å². The Morgan fingerprint density at radius 1 is 0.979 bits per heavy atom. The van der Waals surface area contributed by atoms with Crippen molar-refractivity contribution in [1.29, 1.82) is 0 Å². The third-order valence-corrected chi connectivity index (χ3v) is 8.19. The summed E-state index contributed by atoms with van der Waals surface area (Å²) in [5.74, 6) is -3.11. The number of carbonyl (C=O) groups excluding carboxylic acids is 1. The molecule has 1 saturated carbocycles. The Labute approximate surface area is 266 Å². The number of nitrogens with zero attached hydrogens (tertiary/aromatic N) is 4. The van der Waals surface area contributed by atoms with Crippen molar-refractivity contribution >= 4 is 22.9 Å². The Morgan fingerprint density at radius 2 is 1.79 bits per heavy atom. The van der Waals surface area contributed by atoms with Gasteiger partial charge in [-0.1, -0.05) is 6.07 Å². The van der Waals surface area contributed by atoms with Gasteiger partial charge in [-0.15, -0.1) is 0 Å². The molecule has 3 aromatic heterocycles. The molecule has 0 spiro atoms. The molecule has 1 amide bonds. The van der Waals surface area contributed by atoms with E-state index in [-0.39, 0.29) is 64.7 Å². The van der Waals surface area contributed by atoms with E-state index in [1.54, 1.807) is 16.7 Å². The first-order chi connectivity index (χ1) is 22.7. The fraction of sp³-hybridized carbons (Fsp3) is 0.265. The SMILES string of the molecule is O=C(O)c1ccc2nc(Cc3cc(F)c(-c4cccc(OCc5cnc(C(=O)NC6CC6)cc5F)n4)cc3F)n(C[C@@H]3CCO3)c2c1. The van der Waals surface area contributed by atoms with Crippen LogP contribution in [-0.4, -0.2) is 55.3 Å². The first-order valence-electron chi connectivity index (χ1n) is 15.1. The molecule has 13 heteroatoms. The van der Waals surface area contributed by atoms with E-state index in [0.717, 1.165) is 37.5 Å². The van der Waals surface area contributed by atoms with Crippen molar-refractivity contribution in [3.63, 3.8) is 0 Å². The van der Waals surface area contributed by atoms with Crippen molar-refractivity contribution in [3.05, 3.63) is 106 Å². The number of halogens is 3. The number of imidazole rings is 1. The molecule has 2 N–H and O–H groups in total. The van der Waals surface area contributed by atoms with Crippen molar-refractivity contribution in [2.75, 3.05) is 6.61 Å². The highest BCUT2D eigenvalue weighted by atomic mass is 19.1. The number of ether oxygens (including phenoxy) is 2. The summed E-state index contributed by atoms with van der Waals surface area (Å²) in [5, 5.41) is 12.2. The minimum Gasteiger partial charge on any atom is -0.478 e. The number of nitrogens with one attached hydrogen (secondary N) is 1. The lowest BCUT2D eigenvalue weighted by molar-refractivity contribution is -0.0589. The van der Waals surface area contributed by atoms with Crippen LogP contribution in [0, 0.1) is 17.5 Å². The third kappa shape index (κ3) is 6.52. The van der Waals surface area contributed by atoms with E-state index in [1.165, 1.54) is 30.5 Å². The van der Waals surface area contributed by atoms with Gasteiger partial charge >= 0.3 is 5.97 Å². The summed E-state index contributed by atoms with van der Waals surface area (Å²) >= 11 is 0. The molecule has 1 aliphatic carbocycles. The van der Waals surface area contributed by atoms with E-state index >= 15 is 8.78 Å². The number of fused-ring (bicyclic) bond motifs is 1. The monoisotopic (exact) mass is 643 g/mol. The second-order valence-corrected chi connectivity index (χ2v) is 11.6. The van der Waals surface area contributed by atoms with Crippen molar-refractivity contribution in [2.24, 2.45) is 0 Å². The fourth-order valence-electron chi connectivity index (χ4n) is 5.34. The van der Waals surface area contributed by atoms with E-state index in [9.17, 15) is 19.1 Å². The Morgan fingerprint density at radius 3 is 2.51 bits per heavy atom. The van der Waals surface area contributed by atoms with Gasteiger partial charge in [0.25, 0.3) is 5.91 Å².